The molecule has 0 bridgehead atoms. The van der Waals surface area contributed by atoms with E-state index in [1.807, 2.05) is 12.3 Å². The van der Waals surface area contributed by atoms with Crippen molar-refractivity contribution in [2.24, 2.45) is 0 Å². The summed E-state index contributed by atoms with van der Waals surface area (Å²) in [4.78, 5) is 6.05. The van der Waals surface area contributed by atoms with Gasteiger partial charge in [0.15, 0.2) is 0 Å². The molecule has 3 heterocycles. The lowest BCUT2D eigenvalue weighted by Crippen LogP contribution is -2.47. The Morgan fingerprint density at radius 2 is 2.07 bits per heavy atom. The molecule has 1 atom stereocenters. The van der Waals surface area contributed by atoms with E-state index in [4.69, 9.17) is 19.2 Å². The van der Waals surface area contributed by atoms with E-state index in [0.717, 1.165) is 44.7 Å². The van der Waals surface area contributed by atoms with E-state index in [1.54, 1.807) is 18.4 Å². The molecule has 1 saturated heterocycles. The first-order valence-electron chi connectivity index (χ1n) is 11.2. The van der Waals surface area contributed by atoms with E-state index >= 15 is 0 Å². The quantitative estimate of drug-likeness (QED) is 0.553. The minimum atomic E-state index is 0.0753. The Labute approximate surface area is 184 Å². The number of aromatic nitrogens is 1. The molecular formula is C24H34N2O3S. The first-order chi connectivity index (χ1) is 14.8. The summed E-state index contributed by atoms with van der Waals surface area (Å²) in [6.07, 6.45) is 10.2. The molecule has 2 fully saturated rings. The second-order valence-electron chi connectivity index (χ2n) is 8.64. The summed E-state index contributed by atoms with van der Waals surface area (Å²) in [5, 5.41) is 5.76. The molecule has 4 rings (SSSR count). The average Bonchev–Trinajstić information content (AvgIpc) is 3.42. The molecule has 0 radical (unpaired) electrons. The highest BCUT2D eigenvalue weighted by Gasteiger charge is 2.48. The van der Waals surface area contributed by atoms with Crippen molar-refractivity contribution in [2.75, 3.05) is 33.5 Å². The normalized spacial score (nSPS) is 23.1. The van der Waals surface area contributed by atoms with Crippen LogP contribution in [0.2, 0.25) is 0 Å². The second kappa shape index (κ2) is 10.2. The van der Waals surface area contributed by atoms with Crippen molar-refractivity contribution in [3.05, 3.63) is 46.4 Å². The Morgan fingerprint density at radius 3 is 2.87 bits per heavy atom. The topological polar surface area (TPSA) is 52.6 Å². The van der Waals surface area contributed by atoms with Crippen LogP contribution < -0.4 is 10.1 Å². The van der Waals surface area contributed by atoms with Gasteiger partial charge in [-0.15, -0.1) is 11.3 Å². The van der Waals surface area contributed by atoms with Gasteiger partial charge in [0.2, 0.25) is 0 Å². The largest absolute Gasteiger partial charge is 0.490 e. The third kappa shape index (κ3) is 5.05. The summed E-state index contributed by atoms with van der Waals surface area (Å²) in [6.45, 7) is 3.84. The van der Waals surface area contributed by atoms with Crippen LogP contribution in [-0.4, -0.2) is 44.1 Å². The Hall–Kier alpha value is -1.47. The van der Waals surface area contributed by atoms with Crippen LogP contribution in [-0.2, 0) is 21.4 Å². The molecule has 1 saturated carbocycles. The zero-order chi connectivity index (χ0) is 20.7. The van der Waals surface area contributed by atoms with Gasteiger partial charge in [-0.3, -0.25) is 4.98 Å². The molecule has 2 aliphatic rings. The third-order valence-electron chi connectivity index (χ3n) is 6.69. The highest BCUT2D eigenvalue weighted by atomic mass is 32.1. The summed E-state index contributed by atoms with van der Waals surface area (Å²) >= 11 is 1.74. The van der Waals surface area contributed by atoms with Gasteiger partial charge in [-0.25, -0.2) is 0 Å². The van der Waals surface area contributed by atoms with Crippen molar-refractivity contribution >= 4 is 11.3 Å². The van der Waals surface area contributed by atoms with Crippen molar-refractivity contribution in [2.45, 2.75) is 62.5 Å². The van der Waals surface area contributed by atoms with Gasteiger partial charge in [-0.2, -0.15) is 0 Å². The van der Waals surface area contributed by atoms with Gasteiger partial charge >= 0.3 is 0 Å². The van der Waals surface area contributed by atoms with E-state index in [0.29, 0.717) is 13.2 Å². The molecular weight excluding hydrogens is 396 g/mol. The molecule has 0 aromatic carbocycles. The van der Waals surface area contributed by atoms with Crippen LogP contribution in [0.25, 0.3) is 0 Å². The van der Waals surface area contributed by atoms with E-state index in [1.165, 1.54) is 36.3 Å². The fraction of sp³-hybridized carbons (Fsp3) is 0.625. The number of ether oxygens (including phenoxy) is 3. The highest BCUT2D eigenvalue weighted by molar-refractivity contribution is 7.10. The van der Waals surface area contributed by atoms with Crippen molar-refractivity contribution < 1.29 is 14.2 Å². The van der Waals surface area contributed by atoms with Crippen LogP contribution in [0.4, 0.5) is 0 Å². The van der Waals surface area contributed by atoms with Gasteiger partial charge < -0.3 is 19.5 Å². The summed E-state index contributed by atoms with van der Waals surface area (Å²) in [7, 11) is 1.70. The molecule has 0 amide bonds. The van der Waals surface area contributed by atoms with Crippen LogP contribution in [0.5, 0.6) is 5.75 Å². The number of nitrogens with one attached hydrogen (secondary N) is 1. The van der Waals surface area contributed by atoms with E-state index < -0.39 is 0 Å². The van der Waals surface area contributed by atoms with E-state index in [2.05, 4.69) is 28.9 Å². The number of nitrogens with zero attached hydrogens (tertiary/aromatic N) is 1. The second-order valence-corrected chi connectivity index (χ2v) is 9.64. The molecule has 1 N–H and O–H groups in total. The predicted molar refractivity (Wildman–Crippen MR) is 120 cm³/mol. The fourth-order valence-electron chi connectivity index (χ4n) is 5.15. The lowest BCUT2D eigenvalue weighted by molar-refractivity contribution is -0.104. The van der Waals surface area contributed by atoms with Crippen molar-refractivity contribution in [3.8, 4) is 5.75 Å². The molecule has 1 spiro atoms. The zero-order valence-corrected chi connectivity index (χ0v) is 18.8. The van der Waals surface area contributed by atoms with Gasteiger partial charge in [0.1, 0.15) is 12.4 Å². The SMILES string of the molecule is COCCOc1ccsc1CNCC[C@@]1(c2ccccn2)CCOC2(CCCC2)C1. The standard InChI is InChI=1S/C24H34N2O3S/c1-27-15-16-28-20-7-17-30-21(20)18-25-13-10-23(22-6-2-5-12-26-22)11-14-29-24(19-23)8-3-4-9-24/h2,5-7,12,17,25H,3-4,8-11,13-16,18-19H2,1H3/t23-/m1/s1. The minimum absolute atomic E-state index is 0.0753. The maximum absolute atomic E-state index is 6.36. The predicted octanol–water partition coefficient (Wildman–Crippen LogP) is 4.71. The average molecular weight is 431 g/mol. The minimum Gasteiger partial charge on any atom is -0.490 e. The molecule has 1 aliphatic heterocycles. The smallest absolute Gasteiger partial charge is 0.134 e. The van der Waals surface area contributed by atoms with Gasteiger partial charge in [-0.1, -0.05) is 18.9 Å². The Balaban J connectivity index is 1.38. The molecule has 2 aromatic rings. The van der Waals surface area contributed by atoms with E-state index in [9.17, 15) is 0 Å². The molecule has 0 unspecified atom stereocenters. The molecule has 30 heavy (non-hydrogen) atoms. The van der Waals surface area contributed by atoms with Crippen LogP contribution in [0.1, 0.15) is 55.5 Å². The number of hydrogen-bond acceptors (Lipinski definition) is 6. The summed E-state index contributed by atoms with van der Waals surface area (Å²) in [5.74, 6) is 0.972. The number of pyridine rings is 1. The van der Waals surface area contributed by atoms with Crippen molar-refractivity contribution in [1.82, 2.24) is 10.3 Å². The first kappa shape index (κ1) is 21.8. The lowest BCUT2D eigenvalue weighted by Gasteiger charge is -2.46. The third-order valence-corrected chi connectivity index (χ3v) is 7.59. The highest BCUT2D eigenvalue weighted by Crippen LogP contribution is 2.49. The number of methoxy groups -OCH3 is 1. The Bertz CT molecular complexity index is 776. The van der Waals surface area contributed by atoms with Crippen LogP contribution in [0.3, 0.4) is 0 Å². The van der Waals surface area contributed by atoms with Gasteiger partial charge in [0.05, 0.1) is 17.1 Å². The zero-order valence-electron chi connectivity index (χ0n) is 18.0. The number of thiophene rings is 1. The van der Waals surface area contributed by atoms with Gasteiger partial charge in [0, 0.05) is 37.6 Å². The maximum Gasteiger partial charge on any atom is 0.134 e. The summed E-state index contributed by atoms with van der Waals surface area (Å²) < 4.78 is 17.3. The van der Waals surface area contributed by atoms with E-state index in [-0.39, 0.29) is 11.0 Å². The molecule has 1 aliphatic carbocycles. The van der Waals surface area contributed by atoms with Crippen molar-refractivity contribution in [3.63, 3.8) is 0 Å². The summed E-state index contributed by atoms with van der Waals surface area (Å²) in [6, 6.07) is 8.41. The molecule has 2 aromatic heterocycles. The monoisotopic (exact) mass is 430 g/mol. The lowest BCUT2D eigenvalue weighted by atomic mass is 9.68. The van der Waals surface area contributed by atoms with Crippen LogP contribution in [0, 0.1) is 0 Å². The molecule has 164 valence electrons. The Kier molecular flexibility index (Phi) is 7.41. The van der Waals surface area contributed by atoms with Crippen molar-refractivity contribution in [1.29, 1.82) is 0 Å². The fourth-order valence-corrected chi connectivity index (χ4v) is 5.93. The number of hydrogen-bond donors (Lipinski definition) is 1. The van der Waals surface area contributed by atoms with Gasteiger partial charge in [0.25, 0.3) is 0 Å². The van der Waals surface area contributed by atoms with Crippen LogP contribution >= 0.6 is 11.3 Å². The van der Waals surface area contributed by atoms with Gasteiger partial charge in [-0.05, 0) is 62.2 Å². The first-order valence-corrected chi connectivity index (χ1v) is 12.1. The van der Waals surface area contributed by atoms with Crippen LogP contribution in [0.15, 0.2) is 35.8 Å². The number of rotatable bonds is 10. The Morgan fingerprint density at radius 1 is 1.17 bits per heavy atom. The molecule has 5 nitrogen and oxygen atoms in total. The summed E-state index contributed by atoms with van der Waals surface area (Å²) in [5.41, 5.74) is 1.41. The maximum atomic E-state index is 6.36. The molecule has 6 heteroatoms.